The van der Waals surface area contributed by atoms with E-state index in [9.17, 15) is 14.4 Å². The predicted molar refractivity (Wildman–Crippen MR) is 91.4 cm³/mol. The molecule has 0 rings (SSSR count). The third kappa shape index (κ3) is 8.17. The molecule has 140 valence electrons. The molecule has 24 heavy (non-hydrogen) atoms. The summed E-state index contributed by atoms with van der Waals surface area (Å²) in [7, 11) is 0. The highest BCUT2D eigenvalue weighted by Crippen LogP contribution is 2.16. The Morgan fingerprint density at radius 3 is 2.08 bits per heavy atom. The van der Waals surface area contributed by atoms with Crippen molar-refractivity contribution in [1.82, 2.24) is 10.4 Å². The van der Waals surface area contributed by atoms with E-state index in [0.717, 1.165) is 30.7 Å². The van der Waals surface area contributed by atoms with E-state index < -0.39 is 18.2 Å². The van der Waals surface area contributed by atoms with E-state index in [-0.39, 0.29) is 24.9 Å². The Kier molecular flexibility index (Phi) is 11.7. The van der Waals surface area contributed by atoms with Gasteiger partial charge >= 0.3 is 12.2 Å². The fourth-order valence-corrected chi connectivity index (χ4v) is 2.25. The molecule has 1 N–H and O–H groups in total. The molecule has 0 radical (unpaired) electrons. The number of ether oxygens (including phenoxy) is 2. The minimum absolute atomic E-state index is 0.114. The first-order chi connectivity index (χ1) is 11.4. The van der Waals surface area contributed by atoms with E-state index in [4.69, 9.17) is 9.47 Å². The topological polar surface area (TPSA) is 84.9 Å². The van der Waals surface area contributed by atoms with E-state index in [2.05, 4.69) is 12.3 Å². The highest BCUT2D eigenvalue weighted by molar-refractivity contribution is 5.89. The first-order valence-electron chi connectivity index (χ1n) is 8.82. The number of unbranched alkanes of at least 4 members (excludes halogenated alkanes) is 3. The highest BCUT2D eigenvalue weighted by Gasteiger charge is 2.33. The molecule has 0 aliphatic carbocycles. The number of nitrogens with one attached hydrogen (secondary N) is 1. The number of Topliss-reactive ketones (excluding diaryl/α,β-unsaturated/α-hetero) is 1. The van der Waals surface area contributed by atoms with Crippen molar-refractivity contribution in [2.75, 3.05) is 13.2 Å². The Balaban J connectivity index is 5.23. The molecule has 0 aliphatic heterocycles. The number of nitrogens with zero attached hydrogens (tertiary/aromatic N) is 1. The van der Waals surface area contributed by atoms with E-state index in [1.54, 1.807) is 27.7 Å². The second-order valence-electron chi connectivity index (χ2n) is 5.82. The van der Waals surface area contributed by atoms with Crippen molar-refractivity contribution < 1.29 is 23.9 Å². The van der Waals surface area contributed by atoms with Crippen LogP contribution in [0.25, 0.3) is 0 Å². The highest BCUT2D eigenvalue weighted by atomic mass is 16.6. The number of amides is 2. The van der Waals surface area contributed by atoms with Gasteiger partial charge in [0.1, 0.15) is 6.04 Å². The lowest BCUT2D eigenvalue weighted by molar-refractivity contribution is -0.128. The molecule has 0 aromatic carbocycles. The summed E-state index contributed by atoms with van der Waals surface area (Å²) in [5.74, 6) is -0.376. The molecule has 0 bridgehead atoms. The van der Waals surface area contributed by atoms with Crippen LogP contribution in [-0.4, -0.2) is 42.2 Å². The molecule has 7 nitrogen and oxygen atoms in total. The van der Waals surface area contributed by atoms with Gasteiger partial charge in [0.05, 0.1) is 13.2 Å². The molecule has 7 heteroatoms. The summed E-state index contributed by atoms with van der Waals surface area (Å²) in [5, 5.41) is 0.982. The number of hydrogen-bond donors (Lipinski definition) is 1. The summed E-state index contributed by atoms with van der Waals surface area (Å²) in [6.07, 6.45) is 2.84. The van der Waals surface area contributed by atoms with Crippen LogP contribution < -0.4 is 5.43 Å². The zero-order valence-electron chi connectivity index (χ0n) is 15.6. The summed E-state index contributed by atoms with van der Waals surface area (Å²) in [4.78, 5) is 36.5. The number of hydrogen-bond acceptors (Lipinski definition) is 5. The van der Waals surface area contributed by atoms with Gasteiger partial charge in [0, 0.05) is 5.92 Å². The summed E-state index contributed by atoms with van der Waals surface area (Å²) in [6.45, 7) is 9.30. The van der Waals surface area contributed by atoms with Crippen LogP contribution in [0.1, 0.15) is 66.7 Å². The smallest absolute Gasteiger partial charge is 0.429 e. The van der Waals surface area contributed by atoms with Gasteiger partial charge in [-0.2, -0.15) is 0 Å². The Hall–Kier alpha value is -1.79. The minimum atomic E-state index is -0.777. The average Bonchev–Trinajstić information content (AvgIpc) is 2.53. The van der Waals surface area contributed by atoms with Crippen LogP contribution in [0.2, 0.25) is 0 Å². The quantitative estimate of drug-likeness (QED) is 0.483. The lowest BCUT2D eigenvalue weighted by Gasteiger charge is -2.30. The molecule has 1 unspecified atom stereocenters. The van der Waals surface area contributed by atoms with Crippen molar-refractivity contribution in [2.45, 2.75) is 72.8 Å². The number of carbonyl (C=O) groups is 3. The molecular formula is C17H32N2O5. The van der Waals surface area contributed by atoms with Crippen LogP contribution in [0, 0.1) is 5.92 Å². The Bertz CT molecular complexity index is 398. The number of hydrazine groups is 1. The van der Waals surface area contributed by atoms with Gasteiger partial charge in [-0.25, -0.2) is 20.0 Å². The van der Waals surface area contributed by atoms with Gasteiger partial charge < -0.3 is 9.47 Å². The molecule has 2 amide bonds. The fraction of sp³-hybridized carbons (Fsp3) is 0.824. The molecule has 0 aromatic rings. The molecule has 0 aromatic heterocycles. The zero-order chi connectivity index (χ0) is 18.5. The van der Waals surface area contributed by atoms with Crippen LogP contribution >= 0.6 is 0 Å². The molecule has 0 aliphatic rings. The zero-order valence-corrected chi connectivity index (χ0v) is 15.6. The minimum Gasteiger partial charge on any atom is -0.449 e. The lowest BCUT2D eigenvalue weighted by atomic mass is 9.96. The summed E-state index contributed by atoms with van der Waals surface area (Å²) in [5.41, 5.74) is 2.36. The molecule has 0 heterocycles. The van der Waals surface area contributed by atoms with Crippen molar-refractivity contribution in [3.05, 3.63) is 0 Å². The van der Waals surface area contributed by atoms with Gasteiger partial charge in [0.25, 0.3) is 0 Å². The van der Waals surface area contributed by atoms with Gasteiger partial charge in [0.2, 0.25) is 0 Å². The van der Waals surface area contributed by atoms with Crippen LogP contribution in [0.5, 0.6) is 0 Å². The summed E-state index contributed by atoms with van der Waals surface area (Å²) >= 11 is 0. The number of carbonyl (C=O) groups excluding carboxylic acids is 3. The number of rotatable bonds is 10. The second-order valence-corrected chi connectivity index (χ2v) is 5.82. The van der Waals surface area contributed by atoms with E-state index in [1.165, 1.54) is 0 Å². The first-order valence-corrected chi connectivity index (χ1v) is 8.82. The standard InChI is InChI=1S/C17H32N2O5/c1-6-9-10-11-12-14(15(20)13(4)5)19(17(22)24-8-3)18-16(21)23-7-2/h13-14H,6-12H2,1-5H3,(H,18,21). The summed E-state index contributed by atoms with van der Waals surface area (Å²) in [6, 6.07) is -0.759. The van der Waals surface area contributed by atoms with Gasteiger partial charge in [0.15, 0.2) is 5.78 Å². The predicted octanol–water partition coefficient (Wildman–Crippen LogP) is 3.67. The maximum Gasteiger partial charge on any atom is 0.429 e. The molecule has 0 saturated heterocycles. The normalized spacial score (nSPS) is 11.8. The van der Waals surface area contributed by atoms with Gasteiger partial charge in [-0.15, -0.1) is 0 Å². The fourth-order valence-electron chi connectivity index (χ4n) is 2.25. The van der Waals surface area contributed by atoms with Crippen molar-refractivity contribution in [3.63, 3.8) is 0 Å². The van der Waals surface area contributed by atoms with Crippen molar-refractivity contribution in [3.8, 4) is 0 Å². The first kappa shape index (κ1) is 22.2. The van der Waals surface area contributed by atoms with E-state index >= 15 is 0 Å². The summed E-state index contributed by atoms with van der Waals surface area (Å²) < 4.78 is 9.81. The Morgan fingerprint density at radius 2 is 1.58 bits per heavy atom. The van der Waals surface area contributed by atoms with Gasteiger partial charge in [-0.05, 0) is 20.3 Å². The largest absolute Gasteiger partial charge is 0.449 e. The molecule has 1 atom stereocenters. The van der Waals surface area contributed by atoms with Crippen LogP contribution in [-0.2, 0) is 14.3 Å². The molecule has 0 fully saturated rings. The monoisotopic (exact) mass is 344 g/mol. The van der Waals surface area contributed by atoms with Crippen molar-refractivity contribution in [2.24, 2.45) is 5.92 Å². The van der Waals surface area contributed by atoms with E-state index in [1.807, 2.05) is 0 Å². The molecule has 0 spiro atoms. The van der Waals surface area contributed by atoms with Gasteiger partial charge in [-0.3, -0.25) is 4.79 Å². The van der Waals surface area contributed by atoms with Crippen molar-refractivity contribution in [1.29, 1.82) is 0 Å². The SMILES string of the molecule is CCCCCCC(C(=O)C(C)C)N(NC(=O)OCC)C(=O)OCC. The Labute approximate surface area is 145 Å². The average molecular weight is 344 g/mol. The maximum absolute atomic E-state index is 12.6. The molecular weight excluding hydrogens is 312 g/mol. The van der Waals surface area contributed by atoms with Crippen LogP contribution in [0.4, 0.5) is 9.59 Å². The second kappa shape index (κ2) is 12.6. The van der Waals surface area contributed by atoms with Gasteiger partial charge in [-0.1, -0.05) is 46.5 Å². The molecule has 0 saturated carbocycles. The van der Waals surface area contributed by atoms with Crippen LogP contribution in [0.15, 0.2) is 0 Å². The number of ketones is 1. The van der Waals surface area contributed by atoms with E-state index in [0.29, 0.717) is 6.42 Å². The van der Waals surface area contributed by atoms with Crippen molar-refractivity contribution >= 4 is 18.0 Å². The third-order valence-corrected chi connectivity index (χ3v) is 3.49. The Morgan fingerprint density at radius 1 is 0.958 bits per heavy atom. The maximum atomic E-state index is 12.6. The van der Waals surface area contributed by atoms with Crippen LogP contribution in [0.3, 0.4) is 0 Å². The lowest BCUT2D eigenvalue weighted by Crippen LogP contribution is -2.55. The third-order valence-electron chi connectivity index (χ3n) is 3.49.